The highest BCUT2D eigenvalue weighted by Gasteiger charge is 2.42. The van der Waals surface area contributed by atoms with Crippen LogP contribution < -0.4 is 5.73 Å². The Morgan fingerprint density at radius 3 is 2.08 bits per heavy atom. The lowest BCUT2D eigenvalue weighted by atomic mass is 10.1. The SMILES string of the molecule is Cl.Cl.NCCCN1CC(F)(F)C1. The van der Waals surface area contributed by atoms with Crippen molar-refractivity contribution in [3.8, 4) is 0 Å². The summed E-state index contributed by atoms with van der Waals surface area (Å²) in [5.41, 5.74) is 5.21. The van der Waals surface area contributed by atoms with Crippen molar-refractivity contribution >= 4 is 24.8 Å². The van der Waals surface area contributed by atoms with E-state index in [1.54, 1.807) is 4.90 Å². The third-order valence-electron chi connectivity index (χ3n) is 1.59. The molecule has 0 aromatic carbocycles. The Bertz CT molecular complexity index is 116. The van der Waals surface area contributed by atoms with Gasteiger partial charge in [-0.3, -0.25) is 4.90 Å². The molecule has 1 aliphatic rings. The summed E-state index contributed by atoms with van der Waals surface area (Å²) in [6, 6.07) is 0. The first-order valence-corrected chi connectivity index (χ1v) is 3.44. The molecule has 0 unspecified atom stereocenters. The van der Waals surface area contributed by atoms with Crippen molar-refractivity contribution in [2.24, 2.45) is 5.73 Å². The molecular weight excluding hydrogens is 209 g/mol. The van der Waals surface area contributed by atoms with Crippen LogP contribution in [-0.2, 0) is 0 Å². The zero-order chi connectivity index (χ0) is 7.61. The van der Waals surface area contributed by atoms with Gasteiger partial charge in [0.2, 0.25) is 0 Å². The lowest BCUT2D eigenvalue weighted by Gasteiger charge is -2.38. The minimum atomic E-state index is -2.42. The van der Waals surface area contributed by atoms with Crippen LogP contribution in [0.4, 0.5) is 8.78 Å². The van der Waals surface area contributed by atoms with Crippen LogP contribution in [0.25, 0.3) is 0 Å². The molecule has 76 valence electrons. The van der Waals surface area contributed by atoms with Gasteiger partial charge in [-0.05, 0) is 19.5 Å². The first-order chi connectivity index (χ1) is 4.64. The summed E-state index contributed by atoms with van der Waals surface area (Å²) >= 11 is 0. The van der Waals surface area contributed by atoms with Crippen LogP contribution in [0, 0.1) is 0 Å². The maximum Gasteiger partial charge on any atom is 0.272 e. The molecule has 0 amide bonds. The zero-order valence-electron chi connectivity index (χ0n) is 6.63. The summed E-state index contributed by atoms with van der Waals surface area (Å²) < 4.78 is 24.3. The predicted octanol–water partition coefficient (Wildman–Crippen LogP) is 1.13. The van der Waals surface area contributed by atoms with Gasteiger partial charge in [-0.1, -0.05) is 0 Å². The van der Waals surface area contributed by atoms with Gasteiger partial charge in [-0.2, -0.15) is 0 Å². The Morgan fingerprint density at radius 2 is 1.75 bits per heavy atom. The van der Waals surface area contributed by atoms with Crippen LogP contribution in [-0.4, -0.2) is 37.0 Å². The molecule has 0 atom stereocenters. The second kappa shape index (κ2) is 5.91. The molecule has 0 aromatic heterocycles. The van der Waals surface area contributed by atoms with Crippen LogP contribution >= 0.6 is 24.8 Å². The molecule has 1 rings (SSSR count). The molecule has 1 heterocycles. The van der Waals surface area contributed by atoms with Gasteiger partial charge < -0.3 is 5.73 Å². The average molecular weight is 223 g/mol. The summed E-state index contributed by atoms with van der Waals surface area (Å²) in [7, 11) is 0. The van der Waals surface area contributed by atoms with Crippen molar-refractivity contribution in [1.82, 2.24) is 4.90 Å². The normalized spacial score (nSPS) is 20.2. The van der Waals surface area contributed by atoms with Crippen molar-refractivity contribution < 1.29 is 8.78 Å². The molecule has 0 radical (unpaired) electrons. The van der Waals surface area contributed by atoms with Crippen molar-refractivity contribution in [3.63, 3.8) is 0 Å². The summed E-state index contributed by atoms with van der Waals surface area (Å²) in [4.78, 5) is 1.72. The first kappa shape index (κ1) is 14.9. The van der Waals surface area contributed by atoms with E-state index in [1.165, 1.54) is 0 Å². The van der Waals surface area contributed by atoms with Gasteiger partial charge in [0.15, 0.2) is 0 Å². The van der Waals surface area contributed by atoms with Crippen molar-refractivity contribution in [1.29, 1.82) is 0 Å². The topological polar surface area (TPSA) is 29.3 Å². The predicted molar refractivity (Wildman–Crippen MR) is 49.6 cm³/mol. The second-order valence-electron chi connectivity index (χ2n) is 2.71. The summed E-state index contributed by atoms with van der Waals surface area (Å²) in [5.74, 6) is -2.42. The van der Waals surface area contributed by atoms with E-state index in [0.29, 0.717) is 13.1 Å². The molecule has 12 heavy (non-hydrogen) atoms. The van der Waals surface area contributed by atoms with Crippen LogP contribution in [0.15, 0.2) is 0 Å². The Hall–Kier alpha value is 0.360. The molecule has 0 bridgehead atoms. The largest absolute Gasteiger partial charge is 0.330 e. The van der Waals surface area contributed by atoms with Gasteiger partial charge in [0.25, 0.3) is 5.92 Å². The highest BCUT2D eigenvalue weighted by atomic mass is 35.5. The van der Waals surface area contributed by atoms with Gasteiger partial charge in [-0.25, -0.2) is 8.78 Å². The molecule has 6 heteroatoms. The van der Waals surface area contributed by atoms with E-state index < -0.39 is 5.92 Å². The van der Waals surface area contributed by atoms with Gasteiger partial charge in [0, 0.05) is 0 Å². The molecule has 1 saturated heterocycles. The quantitative estimate of drug-likeness (QED) is 0.777. The van der Waals surface area contributed by atoms with E-state index in [-0.39, 0.29) is 37.9 Å². The Labute approximate surface area is 83.3 Å². The van der Waals surface area contributed by atoms with E-state index in [2.05, 4.69) is 0 Å². The molecular formula is C6H14Cl2F2N2. The van der Waals surface area contributed by atoms with Crippen LogP contribution in [0.1, 0.15) is 6.42 Å². The zero-order valence-corrected chi connectivity index (χ0v) is 8.27. The van der Waals surface area contributed by atoms with Crippen LogP contribution in [0.5, 0.6) is 0 Å². The highest BCUT2D eigenvalue weighted by Crippen LogP contribution is 2.25. The summed E-state index contributed by atoms with van der Waals surface area (Å²) in [6.07, 6.45) is 0.816. The fourth-order valence-corrected chi connectivity index (χ4v) is 1.08. The third kappa shape index (κ3) is 4.40. The van der Waals surface area contributed by atoms with Gasteiger partial charge in [0.05, 0.1) is 13.1 Å². The van der Waals surface area contributed by atoms with Gasteiger partial charge in [0.1, 0.15) is 0 Å². The van der Waals surface area contributed by atoms with E-state index in [1.807, 2.05) is 0 Å². The highest BCUT2D eigenvalue weighted by molar-refractivity contribution is 5.85. The van der Waals surface area contributed by atoms with E-state index in [4.69, 9.17) is 5.73 Å². The summed E-state index contributed by atoms with van der Waals surface area (Å²) in [5, 5.41) is 0. The number of rotatable bonds is 3. The Kier molecular flexibility index (Phi) is 7.32. The van der Waals surface area contributed by atoms with Crippen LogP contribution in [0.3, 0.4) is 0 Å². The number of likely N-dealkylation sites (tertiary alicyclic amines) is 1. The third-order valence-corrected chi connectivity index (χ3v) is 1.59. The molecule has 1 aliphatic heterocycles. The van der Waals surface area contributed by atoms with Crippen LogP contribution in [0.2, 0.25) is 0 Å². The van der Waals surface area contributed by atoms with Crippen molar-refractivity contribution in [2.75, 3.05) is 26.2 Å². The summed E-state index contributed by atoms with van der Waals surface area (Å²) in [6.45, 7) is 1.15. The van der Waals surface area contributed by atoms with Gasteiger partial charge >= 0.3 is 0 Å². The standard InChI is InChI=1S/C6H12F2N2.2ClH/c7-6(8)4-10(5-6)3-1-2-9;;/h1-5,9H2;2*1H. The Balaban J connectivity index is 0. The molecule has 2 N–H and O–H groups in total. The second-order valence-corrected chi connectivity index (χ2v) is 2.71. The fourth-order valence-electron chi connectivity index (χ4n) is 1.08. The smallest absolute Gasteiger partial charge is 0.272 e. The molecule has 2 nitrogen and oxygen atoms in total. The minimum Gasteiger partial charge on any atom is -0.330 e. The minimum absolute atomic E-state index is 0. The van der Waals surface area contributed by atoms with Crippen molar-refractivity contribution in [2.45, 2.75) is 12.3 Å². The number of nitrogens with two attached hydrogens (primary N) is 1. The molecule has 0 saturated carbocycles. The number of hydrogen-bond donors (Lipinski definition) is 1. The fraction of sp³-hybridized carbons (Fsp3) is 1.00. The lowest BCUT2D eigenvalue weighted by molar-refractivity contribution is -0.130. The van der Waals surface area contributed by atoms with Crippen molar-refractivity contribution in [3.05, 3.63) is 0 Å². The van der Waals surface area contributed by atoms with Gasteiger partial charge in [-0.15, -0.1) is 24.8 Å². The number of alkyl halides is 2. The first-order valence-electron chi connectivity index (χ1n) is 3.44. The average Bonchev–Trinajstić information content (AvgIpc) is 1.78. The maximum absolute atomic E-state index is 12.1. The van der Waals surface area contributed by atoms with E-state index in [0.717, 1.165) is 6.42 Å². The van der Waals surface area contributed by atoms with E-state index >= 15 is 0 Å². The molecule has 0 spiro atoms. The number of hydrogen-bond acceptors (Lipinski definition) is 2. The maximum atomic E-state index is 12.1. The van der Waals surface area contributed by atoms with E-state index in [9.17, 15) is 8.78 Å². The molecule has 1 fully saturated rings. The molecule has 0 aliphatic carbocycles. The number of halogens is 4. The lowest BCUT2D eigenvalue weighted by Crippen LogP contribution is -2.56. The molecule has 0 aromatic rings. The number of nitrogens with zero attached hydrogens (tertiary/aromatic N) is 1. The Morgan fingerprint density at radius 1 is 1.25 bits per heavy atom. The monoisotopic (exact) mass is 222 g/mol.